The Morgan fingerprint density at radius 1 is 1.21 bits per heavy atom. The minimum Gasteiger partial charge on any atom is -0.454 e. The topological polar surface area (TPSA) is 89.1 Å². The summed E-state index contributed by atoms with van der Waals surface area (Å²) in [4.78, 5) is 45.3. The Labute approximate surface area is 170 Å². The zero-order valence-corrected chi connectivity index (χ0v) is 17.2. The third kappa shape index (κ3) is 4.31. The number of hydrogen-bond donors (Lipinski definition) is 1. The van der Waals surface area contributed by atoms with Gasteiger partial charge in [-0.05, 0) is 50.6 Å². The molecule has 8 heteroatoms. The molecule has 1 N–H and O–H groups in total. The minimum absolute atomic E-state index is 0.0273. The molecule has 0 bridgehead atoms. The lowest BCUT2D eigenvalue weighted by molar-refractivity contribution is -0.148. The molecule has 0 aliphatic heterocycles. The molecule has 28 heavy (non-hydrogen) atoms. The van der Waals surface area contributed by atoms with Gasteiger partial charge < -0.3 is 9.72 Å². The van der Waals surface area contributed by atoms with Crippen molar-refractivity contribution in [3.8, 4) is 0 Å². The fourth-order valence-corrected chi connectivity index (χ4v) is 3.93. The van der Waals surface area contributed by atoms with Crippen LogP contribution in [-0.4, -0.2) is 21.7 Å². The molecule has 3 aromatic rings. The number of hydrogen-bond acceptors (Lipinski definition) is 6. The fraction of sp³-hybridized carbons (Fsp3) is 0.300. The number of aryl methyl sites for hydroxylation is 2. The lowest BCUT2D eigenvalue weighted by Gasteiger charge is -2.12. The molecular formula is C20H19ClN2O4S. The van der Waals surface area contributed by atoms with Crippen molar-refractivity contribution >= 4 is 44.9 Å². The third-order valence-electron chi connectivity index (χ3n) is 4.47. The number of H-pyrrole nitrogens is 1. The Morgan fingerprint density at radius 2 is 1.89 bits per heavy atom. The smallest absolute Gasteiger partial charge is 0.306 e. The molecule has 146 valence electrons. The molecule has 0 saturated heterocycles. The highest BCUT2D eigenvalue weighted by Gasteiger charge is 2.19. The van der Waals surface area contributed by atoms with E-state index in [0.29, 0.717) is 20.8 Å². The summed E-state index contributed by atoms with van der Waals surface area (Å²) in [6.07, 6.45) is -0.757. The van der Waals surface area contributed by atoms with E-state index in [1.54, 1.807) is 31.2 Å². The van der Waals surface area contributed by atoms with Crippen LogP contribution in [0.3, 0.4) is 0 Å². The number of fused-ring (bicyclic) bond motifs is 1. The van der Waals surface area contributed by atoms with Gasteiger partial charge in [-0.15, -0.1) is 11.3 Å². The summed E-state index contributed by atoms with van der Waals surface area (Å²) >= 11 is 7.23. The van der Waals surface area contributed by atoms with Gasteiger partial charge in [-0.25, -0.2) is 4.98 Å². The largest absolute Gasteiger partial charge is 0.454 e. The van der Waals surface area contributed by atoms with E-state index in [1.807, 2.05) is 13.8 Å². The van der Waals surface area contributed by atoms with Gasteiger partial charge in [0.2, 0.25) is 0 Å². The second-order valence-electron chi connectivity index (χ2n) is 6.48. The van der Waals surface area contributed by atoms with Crippen molar-refractivity contribution in [2.45, 2.75) is 39.7 Å². The highest BCUT2D eigenvalue weighted by Crippen LogP contribution is 2.27. The van der Waals surface area contributed by atoms with E-state index < -0.39 is 12.1 Å². The lowest BCUT2D eigenvalue weighted by Crippen LogP contribution is -2.17. The first-order chi connectivity index (χ1) is 13.3. The molecule has 2 heterocycles. The molecule has 6 nitrogen and oxygen atoms in total. The van der Waals surface area contributed by atoms with Crippen molar-refractivity contribution in [2.75, 3.05) is 0 Å². The average Bonchev–Trinajstić information content (AvgIpc) is 2.94. The van der Waals surface area contributed by atoms with Gasteiger partial charge in [0, 0.05) is 21.9 Å². The van der Waals surface area contributed by atoms with E-state index in [4.69, 9.17) is 16.3 Å². The number of rotatable bonds is 6. The monoisotopic (exact) mass is 418 g/mol. The van der Waals surface area contributed by atoms with E-state index in [2.05, 4.69) is 9.97 Å². The van der Waals surface area contributed by atoms with Gasteiger partial charge in [-0.1, -0.05) is 11.6 Å². The van der Waals surface area contributed by atoms with Gasteiger partial charge in [0.05, 0.1) is 11.8 Å². The highest BCUT2D eigenvalue weighted by atomic mass is 35.5. The Kier molecular flexibility index (Phi) is 5.96. The maximum absolute atomic E-state index is 12.3. The number of esters is 1. The van der Waals surface area contributed by atoms with Gasteiger partial charge in [0.1, 0.15) is 4.83 Å². The van der Waals surface area contributed by atoms with Gasteiger partial charge in [0.15, 0.2) is 17.7 Å². The van der Waals surface area contributed by atoms with E-state index in [0.717, 1.165) is 10.4 Å². The molecular weight excluding hydrogens is 400 g/mol. The molecule has 1 atom stereocenters. The molecule has 0 aliphatic carbocycles. The molecule has 0 saturated carbocycles. The van der Waals surface area contributed by atoms with Crippen molar-refractivity contribution in [1.29, 1.82) is 0 Å². The second kappa shape index (κ2) is 8.24. The van der Waals surface area contributed by atoms with Crippen molar-refractivity contribution in [1.82, 2.24) is 9.97 Å². The summed E-state index contributed by atoms with van der Waals surface area (Å²) in [6.45, 7) is 5.45. The Bertz CT molecular complexity index is 1100. The van der Waals surface area contributed by atoms with Crippen LogP contribution in [0.25, 0.3) is 10.2 Å². The molecule has 1 aromatic carbocycles. The third-order valence-corrected chi connectivity index (χ3v) is 5.83. The van der Waals surface area contributed by atoms with Crippen LogP contribution in [0.15, 0.2) is 29.1 Å². The maximum atomic E-state index is 12.3. The number of halogens is 1. The van der Waals surface area contributed by atoms with Crippen LogP contribution in [0.2, 0.25) is 5.02 Å². The summed E-state index contributed by atoms with van der Waals surface area (Å²) in [5.74, 6) is -0.411. The number of ether oxygens (including phenoxy) is 1. The number of thiophene rings is 1. The Hall–Kier alpha value is -2.51. The number of aromatic nitrogens is 2. The fourth-order valence-electron chi connectivity index (χ4n) is 2.77. The van der Waals surface area contributed by atoms with Crippen LogP contribution in [0, 0.1) is 13.8 Å². The zero-order chi connectivity index (χ0) is 20.4. The number of aromatic amines is 1. The quantitative estimate of drug-likeness (QED) is 0.469. The van der Waals surface area contributed by atoms with Crippen LogP contribution in [-0.2, 0) is 9.53 Å². The van der Waals surface area contributed by atoms with Crippen molar-refractivity contribution in [3.05, 3.63) is 61.5 Å². The number of nitrogens with one attached hydrogen (secondary N) is 1. The summed E-state index contributed by atoms with van der Waals surface area (Å²) in [6, 6.07) is 6.49. The predicted octanol–water partition coefficient (Wildman–Crippen LogP) is 4.52. The zero-order valence-electron chi connectivity index (χ0n) is 15.7. The summed E-state index contributed by atoms with van der Waals surface area (Å²) in [5, 5.41) is 1.11. The highest BCUT2D eigenvalue weighted by molar-refractivity contribution is 7.18. The first kappa shape index (κ1) is 20.2. The number of benzene rings is 1. The van der Waals surface area contributed by atoms with Crippen LogP contribution >= 0.6 is 22.9 Å². The van der Waals surface area contributed by atoms with E-state index >= 15 is 0 Å². The number of carbonyl (C=O) groups is 2. The van der Waals surface area contributed by atoms with Crippen molar-refractivity contribution < 1.29 is 14.3 Å². The van der Waals surface area contributed by atoms with Gasteiger partial charge in [-0.2, -0.15) is 0 Å². The average molecular weight is 419 g/mol. The summed E-state index contributed by atoms with van der Waals surface area (Å²) < 4.78 is 5.34. The van der Waals surface area contributed by atoms with E-state index in [9.17, 15) is 14.4 Å². The molecule has 0 radical (unpaired) electrons. The van der Waals surface area contributed by atoms with Gasteiger partial charge in [-0.3, -0.25) is 14.4 Å². The maximum Gasteiger partial charge on any atom is 0.306 e. The summed E-state index contributed by atoms with van der Waals surface area (Å²) in [7, 11) is 0. The van der Waals surface area contributed by atoms with Crippen LogP contribution in [0.1, 0.15) is 52.5 Å². The number of carbonyl (C=O) groups excluding carboxylic acids is 2. The first-order valence-corrected chi connectivity index (χ1v) is 9.94. The van der Waals surface area contributed by atoms with Crippen LogP contribution in [0.4, 0.5) is 0 Å². The molecule has 2 aromatic heterocycles. The lowest BCUT2D eigenvalue weighted by atomic mass is 10.1. The van der Waals surface area contributed by atoms with Gasteiger partial charge >= 0.3 is 5.97 Å². The van der Waals surface area contributed by atoms with Crippen molar-refractivity contribution in [2.24, 2.45) is 0 Å². The normalized spacial score (nSPS) is 12.1. The van der Waals surface area contributed by atoms with Crippen LogP contribution < -0.4 is 5.56 Å². The minimum atomic E-state index is -0.724. The van der Waals surface area contributed by atoms with Gasteiger partial charge in [0.25, 0.3) is 5.56 Å². The molecule has 0 aliphatic rings. The van der Waals surface area contributed by atoms with E-state index in [-0.39, 0.29) is 30.0 Å². The molecule has 0 spiro atoms. The predicted molar refractivity (Wildman–Crippen MR) is 109 cm³/mol. The molecule has 0 amide bonds. The molecule has 0 fully saturated rings. The Balaban J connectivity index is 1.64. The molecule has 3 rings (SSSR count). The number of Topliss-reactive ketones (excluding diaryl/α,β-unsaturated/α-hetero) is 1. The van der Waals surface area contributed by atoms with E-state index in [1.165, 1.54) is 11.3 Å². The number of nitrogens with zero attached hydrogens (tertiary/aromatic N) is 1. The standard InChI is InChI=1S/C20H19ClN2O4S/c1-10-12(3)28-20-17(10)19(26)22-18(23-20)11(2)27-16(25)9-8-15(24)13-4-6-14(21)7-5-13/h4-7,11H,8-9H2,1-3H3,(H,22,23,26)/t11-/m0/s1. The first-order valence-electron chi connectivity index (χ1n) is 8.74. The second-order valence-corrected chi connectivity index (χ2v) is 8.12. The number of ketones is 1. The summed E-state index contributed by atoms with van der Waals surface area (Å²) in [5.41, 5.74) is 1.15. The van der Waals surface area contributed by atoms with Crippen LogP contribution in [0.5, 0.6) is 0 Å². The SMILES string of the molecule is Cc1sc2nc([C@H](C)OC(=O)CCC(=O)c3ccc(Cl)cc3)[nH]c(=O)c2c1C. The molecule has 0 unspecified atom stereocenters. The van der Waals surface area contributed by atoms with Crippen molar-refractivity contribution in [3.63, 3.8) is 0 Å². The Morgan fingerprint density at radius 3 is 2.57 bits per heavy atom.